The molecule has 11 nitrogen and oxygen atoms in total. The Labute approximate surface area is 189 Å². The van der Waals surface area contributed by atoms with Crippen LogP contribution in [0.3, 0.4) is 0 Å². The van der Waals surface area contributed by atoms with E-state index in [9.17, 15) is 28.1 Å². The Morgan fingerprint density at radius 1 is 1.29 bits per heavy atom. The van der Waals surface area contributed by atoms with Crippen LogP contribution in [0.4, 0.5) is 24.9 Å². The second-order valence-electron chi connectivity index (χ2n) is 7.42. The Hall–Kier alpha value is -4.10. The predicted octanol–water partition coefficient (Wildman–Crippen LogP) is 2.11. The van der Waals surface area contributed by atoms with Gasteiger partial charge in [0.15, 0.2) is 10.1 Å². The highest BCUT2D eigenvalue weighted by atomic mass is 19.4. The van der Waals surface area contributed by atoms with E-state index in [0.717, 1.165) is 24.0 Å². The number of nitrogens with one attached hydrogen (secondary N) is 1. The molecule has 34 heavy (non-hydrogen) atoms. The standard InChI is InChI=1S/C20H20F3N6O5/c21-20(22,23)34-13-4-5-15-16(11-13)29(32)26-19(28(15)31)25-9-6-18(30)33-14-7-10-27(12-14)17-3-1-2-8-24-17/h1-5,8,11,14,31H,6-7,9-10,12H2,(H,25,26,32)/q+1. The summed E-state index contributed by atoms with van der Waals surface area (Å²) >= 11 is 0. The highest BCUT2D eigenvalue weighted by molar-refractivity contribution is 5.74. The zero-order chi connectivity index (χ0) is 24.3. The number of carbonyl (C=O) groups is 1. The molecule has 1 fully saturated rings. The third-order valence-electron chi connectivity index (χ3n) is 5.03. The maximum atomic E-state index is 12.4. The number of esters is 1. The fraction of sp³-hybridized carbons (Fsp3) is 0.350. The third kappa shape index (κ3) is 5.44. The molecule has 1 atom stereocenters. The number of halogens is 3. The van der Waals surface area contributed by atoms with E-state index in [0.29, 0.717) is 24.2 Å². The smallest absolute Gasteiger partial charge is 0.460 e. The molecule has 14 heteroatoms. The van der Waals surface area contributed by atoms with E-state index < -0.39 is 18.1 Å². The lowest BCUT2D eigenvalue weighted by atomic mass is 10.3. The van der Waals surface area contributed by atoms with Crippen molar-refractivity contribution in [2.45, 2.75) is 25.3 Å². The number of rotatable bonds is 7. The topological polar surface area (TPSA) is 125 Å². The third-order valence-corrected chi connectivity index (χ3v) is 5.03. The van der Waals surface area contributed by atoms with Crippen molar-refractivity contribution in [1.29, 1.82) is 0 Å². The fourth-order valence-electron chi connectivity index (χ4n) is 3.53. The number of aromatic nitrogens is 4. The minimum Gasteiger partial charge on any atom is -0.460 e. The molecule has 0 saturated carbocycles. The van der Waals surface area contributed by atoms with Crippen LogP contribution in [0.5, 0.6) is 5.75 Å². The number of hydrogen-bond donors (Lipinski definition) is 2. The van der Waals surface area contributed by atoms with Gasteiger partial charge in [0.1, 0.15) is 17.7 Å². The van der Waals surface area contributed by atoms with Crippen LogP contribution in [0.1, 0.15) is 12.8 Å². The summed E-state index contributed by atoms with van der Waals surface area (Å²) in [4.78, 5) is 30.6. The van der Waals surface area contributed by atoms with Crippen molar-refractivity contribution < 1.29 is 37.2 Å². The predicted molar refractivity (Wildman–Crippen MR) is 111 cm³/mol. The van der Waals surface area contributed by atoms with Crippen molar-refractivity contribution in [2.75, 3.05) is 29.9 Å². The molecule has 2 aromatic heterocycles. The van der Waals surface area contributed by atoms with Gasteiger partial charge in [-0.2, -0.15) is 0 Å². The molecule has 1 aliphatic rings. The lowest BCUT2D eigenvalue weighted by Gasteiger charge is -2.17. The first kappa shape index (κ1) is 23.1. The maximum Gasteiger partial charge on any atom is 0.573 e. The van der Waals surface area contributed by atoms with Crippen LogP contribution in [-0.2, 0) is 9.53 Å². The second-order valence-corrected chi connectivity index (χ2v) is 7.42. The van der Waals surface area contributed by atoms with Gasteiger partial charge in [0.25, 0.3) is 0 Å². The molecule has 3 heterocycles. The van der Waals surface area contributed by atoms with E-state index in [-0.39, 0.29) is 40.6 Å². The minimum absolute atomic E-state index is 0.0101. The number of fused-ring (bicyclic) bond motifs is 1. The molecule has 0 aliphatic carbocycles. The molecule has 2 N–H and O–H groups in total. The van der Waals surface area contributed by atoms with Gasteiger partial charge in [-0.25, -0.2) is 4.98 Å². The van der Waals surface area contributed by atoms with Gasteiger partial charge in [0, 0.05) is 25.7 Å². The number of carbonyl (C=O) groups excluding carboxylic acids is 1. The molecule has 180 valence electrons. The minimum atomic E-state index is -4.94. The molecule has 1 aromatic carbocycles. The molecule has 4 rings (SSSR count). The van der Waals surface area contributed by atoms with Crippen molar-refractivity contribution in [3.8, 4) is 5.75 Å². The first-order valence-electron chi connectivity index (χ1n) is 10.2. The van der Waals surface area contributed by atoms with Crippen LogP contribution in [0.2, 0.25) is 0 Å². The average molecular weight is 481 g/mol. The Bertz CT molecular complexity index is 1240. The van der Waals surface area contributed by atoms with Gasteiger partial charge in [0.05, 0.1) is 29.0 Å². The first-order chi connectivity index (χ1) is 16.2. The molecule has 0 spiro atoms. The lowest BCUT2D eigenvalue weighted by Crippen LogP contribution is -2.28. The van der Waals surface area contributed by atoms with Gasteiger partial charge >= 0.3 is 23.8 Å². The Kier molecular flexibility index (Phi) is 6.38. The molecule has 0 bridgehead atoms. The van der Waals surface area contributed by atoms with Gasteiger partial charge in [-0.15, -0.1) is 17.9 Å². The van der Waals surface area contributed by atoms with Crippen molar-refractivity contribution >= 4 is 28.8 Å². The summed E-state index contributed by atoms with van der Waals surface area (Å²) in [6, 6.07) is 8.38. The number of hydrogen-bond acceptors (Lipinski definition) is 9. The van der Waals surface area contributed by atoms with Crippen LogP contribution >= 0.6 is 0 Å². The largest absolute Gasteiger partial charge is 0.573 e. The average Bonchev–Trinajstić information content (AvgIpc) is 3.25. The molecular formula is C20H20F3N6O5+. The van der Waals surface area contributed by atoms with Crippen LogP contribution in [0.15, 0.2) is 42.6 Å². The van der Waals surface area contributed by atoms with Crippen molar-refractivity contribution in [3.63, 3.8) is 0 Å². The summed E-state index contributed by atoms with van der Waals surface area (Å²) in [5.41, 5.74) is -0.474. The monoisotopic (exact) mass is 481 g/mol. The summed E-state index contributed by atoms with van der Waals surface area (Å²) in [7, 11) is 0. The van der Waals surface area contributed by atoms with E-state index in [1.807, 2.05) is 23.1 Å². The van der Waals surface area contributed by atoms with Gasteiger partial charge < -0.3 is 24.9 Å². The van der Waals surface area contributed by atoms with Gasteiger partial charge in [-0.3, -0.25) is 4.79 Å². The SMILES string of the molecule is O=C(CCNc1n[n+](=O)c2cc(OC(F)(F)F)ccc2n1O)OC1CCN(c2ccccn2)C1. The summed E-state index contributed by atoms with van der Waals surface area (Å²) in [5, 5.41) is 16.5. The Morgan fingerprint density at radius 3 is 2.85 bits per heavy atom. The molecular weight excluding hydrogens is 461 g/mol. The van der Waals surface area contributed by atoms with Crippen LogP contribution in [0, 0.1) is 4.91 Å². The summed E-state index contributed by atoms with van der Waals surface area (Å²) in [6.45, 7) is 1.22. The van der Waals surface area contributed by atoms with Crippen molar-refractivity contribution in [1.82, 2.24) is 14.8 Å². The number of benzene rings is 1. The molecule has 0 radical (unpaired) electrons. The van der Waals surface area contributed by atoms with Crippen LogP contribution < -0.4 is 19.5 Å². The second kappa shape index (κ2) is 9.41. The van der Waals surface area contributed by atoms with Crippen LogP contribution in [-0.4, -0.2) is 58.1 Å². The van der Waals surface area contributed by atoms with Gasteiger partial charge in [-0.05, 0) is 24.3 Å². The van der Waals surface area contributed by atoms with E-state index in [1.165, 1.54) is 0 Å². The maximum absolute atomic E-state index is 12.4. The van der Waals surface area contributed by atoms with Crippen LogP contribution in [0.25, 0.3) is 11.0 Å². The molecule has 1 unspecified atom stereocenters. The van der Waals surface area contributed by atoms with E-state index in [4.69, 9.17) is 4.74 Å². The number of nitrogens with zero attached hydrogens (tertiary/aromatic N) is 5. The number of ether oxygens (including phenoxy) is 2. The summed E-state index contributed by atoms with van der Waals surface area (Å²) in [5.74, 6) is -0.611. The van der Waals surface area contributed by atoms with E-state index in [2.05, 4.69) is 20.1 Å². The molecule has 1 aliphatic heterocycles. The number of alkyl halides is 3. The summed E-state index contributed by atoms with van der Waals surface area (Å²) < 4.78 is 46.9. The summed E-state index contributed by atoms with van der Waals surface area (Å²) in [6.07, 6.45) is -2.94. The van der Waals surface area contributed by atoms with E-state index in [1.54, 1.807) is 6.20 Å². The lowest BCUT2D eigenvalue weighted by molar-refractivity contribution is -0.535. The van der Waals surface area contributed by atoms with Gasteiger partial charge in [-0.1, -0.05) is 6.07 Å². The number of anilines is 2. The van der Waals surface area contributed by atoms with Gasteiger partial charge in [0.2, 0.25) is 0 Å². The zero-order valence-electron chi connectivity index (χ0n) is 17.6. The fourth-order valence-corrected chi connectivity index (χ4v) is 3.53. The highest BCUT2D eigenvalue weighted by Crippen LogP contribution is 2.25. The number of pyridine rings is 1. The molecule has 0 amide bonds. The normalized spacial score (nSPS) is 16.0. The quantitative estimate of drug-likeness (QED) is 0.297. The highest BCUT2D eigenvalue weighted by Gasteiger charge is 2.32. The zero-order valence-corrected chi connectivity index (χ0v) is 17.6. The molecule has 3 aromatic rings. The first-order valence-corrected chi connectivity index (χ1v) is 10.2. The Morgan fingerprint density at radius 2 is 2.12 bits per heavy atom. The van der Waals surface area contributed by atoms with E-state index >= 15 is 0 Å². The van der Waals surface area contributed by atoms with Crippen molar-refractivity contribution in [2.24, 2.45) is 0 Å². The van der Waals surface area contributed by atoms with Crippen molar-refractivity contribution in [3.05, 3.63) is 47.5 Å². The molecule has 1 saturated heterocycles. The Balaban J connectivity index is 1.33.